The van der Waals surface area contributed by atoms with E-state index in [1.54, 1.807) is 24.5 Å². The fourth-order valence-electron chi connectivity index (χ4n) is 3.20. The van der Waals surface area contributed by atoms with Crippen molar-refractivity contribution < 1.29 is 14.1 Å². The SMILES string of the molecule is COc1ccc(-c2nc(CN3CCN(C(=O)c4cc(C)no4)CC3)cs2)cc1. The number of carbonyl (C=O) groups excluding carboxylic acids is 1. The van der Waals surface area contributed by atoms with Gasteiger partial charge in [0.2, 0.25) is 5.76 Å². The summed E-state index contributed by atoms with van der Waals surface area (Å²) in [6.07, 6.45) is 0. The van der Waals surface area contributed by atoms with Crippen molar-refractivity contribution in [3.05, 3.63) is 52.9 Å². The molecule has 0 aliphatic carbocycles. The van der Waals surface area contributed by atoms with Crippen LogP contribution in [0.4, 0.5) is 0 Å². The van der Waals surface area contributed by atoms with Crippen LogP contribution in [0.5, 0.6) is 5.75 Å². The molecule has 1 aliphatic rings. The van der Waals surface area contributed by atoms with Gasteiger partial charge in [0.15, 0.2) is 0 Å². The van der Waals surface area contributed by atoms with Gasteiger partial charge >= 0.3 is 0 Å². The number of nitrogens with zero attached hydrogens (tertiary/aromatic N) is 4. The van der Waals surface area contributed by atoms with Crippen molar-refractivity contribution in [1.82, 2.24) is 19.9 Å². The number of carbonyl (C=O) groups is 1. The number of benzene rings is 1. The summed E-state index contributed by atoms with van der Waals surface area (Å²) in [5.41, 5.74) is 2.87. The third-order valence-electron chi connectivity index (χ3n) is 4.77. The summed E-state index contributed by atoms with van der Waals surface area (Å²) in [6.45, 7) is 5.58. The van der Waals surface area contributed by atoms with E-state index < -0.39 is 0 Å². The van der Waals surface area contributed by atoms with Crippen LogP contribution < -0.4 is 4.74 Å². The quantitative estimate of drug-likeness (QED) is 0.658. The molecule has 1 saturated heterocycles. The Hall–Kier alpha value is -2.71. The Balaban J connectivity index is 1.32. The summed E-state index contributed by atoms with van der Waals surface area (Å²) >= 11 is 1.65. The monoisotopic (exact) mass is 398 g/mol. The van der Waals surface area contributed by atoms with E-state index in [9.17, 15) is 4.79 Å². The van der Waals surface area contributed by atoms with Crippen LogP contribution >= 0.6 is 11.3 Å². The number of ether oxygens (including phenoxy) is 1. The first-order valence-electron chi connectivity index (χ1n) is 9.16. The molecule has 0 bridgehead atoms. The van der Waals surface area contributed by atoms with Crippen LogP contribution in [-0.4, -0.2) is 59.1 Å². The van der Waals surface area contributed by atoms with Gasteiger partial charge in [-0.25, -0.2) is 4.98 Å². The molecular weight excluding hydrogens is 376 g/mol. The molecule has 0 unspecified atom stereocenters. The fourth-order valence-corrected chi connectivity index (χ4v) is 4.02. The maximum atomic E-state index is 12.4. The van der Waals surface area contributed by atoms with Gasteiger partial charge in [-0.3, -0.25) is 9.69 Å². The molecule has 8 heteroatoms. The molecule has 0 atom stereocenters. The molecule has 146 valence electrons. The second-order valence-corrected chi connectivity index (χ2v) is 7.63. The number of hydrogen-bond acceptors (Lipinski definition) is 7. The first-order chi connectivity index (χ1) is 13.6. The summed E-state index contributed by atoms with van der Waals surface area (Å²) in [4.78, 5) is 21.3. The van der Waals surface area contributed by atoms with Crippen molar-refractivity contribution in [2.75, 3.05) is 33.3 Å². The van der Waals surface area contributed by atoms with Crippen LogP contribution in [0.15, 0.2) is 40.2 Å². The van der Waals surface area contributed by atoms with E-state index in [0.717, 1.165) is 47.3 Å². The van der Waals surface area contributed by atoms with Crippen molar-refractivity contribution >= 4 is 17.2 Å². The molecule has 2 aromatic heterocycles. The lowest BCUT2D eigenvalue weighted by Crippen LogP contribution is -2.48. The molecular formula is C20H22N4O3S. The molecule has 0 saturated carbocycles. The standard InChI is InChI=1S/C20H22N4O3S/c1-14-11-18(27-22-14)20(25)24-9-7-23(8-10-24)12-16-13-28-19(21-16)15-3-5-17(26-2)6-4-15/h3-6,11,13H,7-10,12H2,1-2H3. The summed E-state index contributed by atoms with van der Waals surface area (Å²) in [5.74, 6) is 1.07. The number of aryl methyl sites for hydroxylation is 1. The molecule has 1 fully saturated rings. The van der Waals surface area contributed by atoms with Crippen molar-refractivity contribution in [3.8, 4) is 16.3 Å². The molecule has 4 rings (SSSR count). The number of methoxy groups -OCH3 is 1. The predicted octanol–water partition coefficient (Wildman–Crippen LogP) is 3.07. The van der Waals surface area contributed by atoms with Crippen LogP contribution in [0.2, 0.25) is 0 Å². The molecule has 3 heterocycles. The first kappa shape index (κ1) is 18.6. The van der Waals surface area contributed by atoms with E-state index >= 15 is 0 Å². The predicted molar refractivity (Wildman–Crippen MR) is 107 cm³/mol. The molecule has 3 aromatic rings. The number of thiazole rings is 1. The lowest BCUT2D eigenvalue weighted by atomic mass is 10.2. The van der Waals surface area contributed by atoms with Crippen molar-refractivity contribution in [2.24, 2.45) is 0 Å². The van der Waals surface area contributed by atoms with Crippen LogP contribution in [0.1, 0.15) is 21.9 Å². The average Bonchev–Trinajstić information content (AvgIpc) is 3.37. The smallest absolute Gasteiger partial charge is 0.292 e. The van der Waals surface area contributed by atoms with E-state index in [-0.39, 0.29) is 5.91 Å². The largest absolute Gasteiger partial charge is 0.497 e. The Morgan fingerprint density at radius 2 is 1.96 bits per heavy atom. The van der Waals surface area contributed by atoms with Gasteiger partial charge in [-0.1, -0.05) is 5.16 Å². The third kappa shape index (κ3) is 4.07. The Morgan fingerprint density at radius 3 is 2.61 bits per heavy atom. The lowest BCUT2D eigenvalue weighted by Gasteiger charge is -2.33. The lowest BCUT2D eigenvalue weighted by molar-refractivity contribution is 0.0587. The van der Waals surface area contributed by atoms with E-state index in [2.05, 4.69) is 15.4 Å². The van der Waals surface area contributed by atoms with Gasteiger partial charge in [0, 0.05) is 49.7 Å². The van der Waals surface area contributed by atoms with Crippen LogP contribution in [0.25, 0.3) is 10.6 Å². The van der Waals surface area contributed by atoms with Crippen molar-refractivity contribution in [3.63, 3.8) is 0 Å². The van der Waals surface area contributed by atoms with Crippen LogP contribution in [-0.2, 0) is 6.54 Å². The van der Waals surface area contributed by atoms with Gasteiger partial charge in [-0.15, -0.1) is 11.3 Å². The minimum Gasteiger partial charge on any atom is -0.497 e. The normalized spacial score (nSPS) is 15.0. The fraction of sp³-hybridized carbons (Fsp3) is 0.350. The Kier molecular flexibility index (Phi) is 5.40. The Morgan fingerprint density at radius 1 is 1.21 bits per heavy atom. The Bertz CT molecular complexity index is 943. The Labute approximate surface area is 167 Å². The minimum atomic E-state index is -0.0873. The zero-order chi connectivity index (χ0) is 19.5. The molecule has 0 N–H and O–H groups in total. The van der Waals surface area contributed by atoms with Crippen molar-refractivity contribution in [2.45, 2.75) is 13.5 Å². The van der Waals surface area contributed by atoms with Gasteiger partial charge < -0.3 is 14.2 Å². The van der Waals surface area contributed by atoms with E-state index in [4.69, 9.17) is 14.2 Å². The van der Waals surface area contributed by atoms with Gasteiger partial charge in [0.05, 0.1) is 18.5 Å². The van der Waals surface area contributed by atoms with E-state index in [0.29, 0.717) is 18.8 Å². The van der Waals surface area contributed by atoms with Gasteiger partial charge in [-0.2, -0.15) is 0 Å². The first-order valence-corrected chi connectivity index (χ1v) is 10.0. The highest BCUT2D eigenvalue weighted by Crippen LogP contribution is 2.26. The number of aromatic nitrogens is 2. The molecule has 1 amide bonds. The van der Waals surface area contributed by atoms with Gasteiger partial charge in [-0.05, 0) is 31.2 Å². The second-order valence-electron chi connectivity index (χ2n) is 6.77. The zero-order valence-corrected chi connectivity index (χ0v) is 16.7. The molecule has 7 nitrogen and oxygen atoms in total. The average molecular weight is 398 g/mol. The summed E-state index contributed by atoms with van der Waals surface area (Å²) in [6, 6.07) is 9.63. The van der Waals surface area contributed by atoms with E-state index in [1.165, 1.54) is 0 Å². The highest BCUT2D eigenvalue weighted by molar-refractivity contribution is 7.13. The molecule has 0 spiro atoms. The summed E-state index contributed by atoms with van der Waals surface area (Å²) < 4.78 is 10.3. The maximum absolute atomic E-state index is 12.4. The van der Waals surface area contributed by atoms with Crippen LogP contribution in [0, 0.1) is 6.92 Å². The molecule has 1 aliphatic heterocycles. The highest BCUT2D eigenvalue weighted by atomic mass is 32.1. The third-order valence-corrected chi connectivity index (χ3v) is 5.71. The summed E-state index contributed by atoms with van der Waals surface area (Å²) in [5, 5.41) is 6.91. The molecule has 1 aromatic carbocycles. The summed E-state index contributed by atoms with van der Waals surface area (Å²) in [7, 11) is 1.66. The topological polar surface area (TPSA) is 71.7 Å². The van der Waals surface area contributed by atoms with Crippen LogP contribution in [0.3, 0.4) is 0 Å². The van der Waals surface area contributed by atoms with Crippen molar-refractivity contribution in [1.29, 1.82) is 0 Å². The van der Waals surface area contributed by atoms with E-state index in [1.807, 2.05) is 36.1 Å². The number of amides is 1. The minimum absolute atomic E-state index is 0.0873. The highest BCUT2D eigenvalue weighted by Gasteiger charge is 2.25. The zero-order valence-electron chi connectivity index (χ0n) is 15.9. The number of piperazine rings is 1. The number of hydrogen-bond donors (Lipinski definition) is 0. The molecule has 0 radical (unpaired) electrons. The second kappa shape index (κ2) is 8.12. The molecule has 28 heavy (non-hydrogen) atoms. The van der Waals surface area contributed by atoms with Gasteiger partial charge in [0.25, 0.3) is 5.91 Å². The van der Waals surface area contributed by atoms with Gasteiger partial charge in [0.1, 0.15) is 10.8 Å². The number of rotatable bonds is 5. The maximum Gasteiger partial charge on any atom is 0.292 e.